The highest BCUT2D eigenvalue weighted by atomic mass is 16.1. The van der Waals surface area contributed by atoms with E-state index in [1.165, 1.54) is 24.1 Å². The molecule has 0 spiro atoms. The van der Waals surface area contributed by atoms with Gasteiger partial charge in [-0.2, -0.15) is 0 Å². The predicted molar refractivity (Wildman–Crippen MR) is 75.8 cm³/mol. The lowest BCUT2D eigenvalue weighted by Gasteiger charge is -2.18. The summed E-state index contributed by atoms with van der Waals surface area (Å²) < 4.78 is 0. The highest BCUT2D eigenvalue weighted by molar-refractivity contribution is 5.78. The van der Waals surface area contributed by atoms with Crippen LogP contribution in [0.3, 0.4) is 0 Å². The smallest absolute Gasteiger partial charge is 0.222 e. The Morgan fingerprint density at radius 3 is 2.58 bits per heavy atom. The van der Waals surface area contributed by atoms with E-state index in [0.29, 0.717) is 0 Å². The van der Waals surface area contributed by atoms with Gasteiger partial charge in [0.1, 0.15) is 0 Å². The Bertz CT molecular complexity index is 453. The zero-order valence-corrected chi connectivity index (χ0v) is 11.1. The topological polar surface area (TPSA) is 58.4 Å². The maximum atomic E-state index is 11.2. The Hall–Kier alpha value is -1.55. The zero-order valence-electron chi connectivity index (χ0n) is 11.1. The predicted octanol–water partition coefficient (Wildman–Crippen LogP) is 1.25. The van der Waals surface area contributed by atoms with Crippen LogP contribution in [-0.4, -0.2) is 25.0 Å². The van der Waals surface area contributed by atoms with Crippen LogP contribution in [0.5, 0.6) is 0 Å². The van der Waals surface area contributed by atoms with Gasteiger partial charge in [0.25, 0.3) is 0 Å². The molecular formula is C15H21N3O. The molecule has 1 atom stereocenters. The molecule has 3 rings (SSSR count). The maximum absolute atomic E-state index is 11.2. The molecule has 1 aromatic rings. The molecule has 102 valence electrons. The number of nitrogens with one attached hydrogen (secondary N) is 1. The summed E-state index contributed by atoms with van der Waals surface area (Å²) >= 11 is 0. The molecule has 19 heavy (non-hydrogen) atoms. The lowest BCUT2D eigenvalue weighted by molar-refractivity contribution is -0.121. The van der Waals surface area contributed by atoms with Crippen molar-refractivity contribution in [2.24, 2.45) is 11.7 Å². The van der Waals surface area contributed by atoms with Crippen molar-refractivity contribution in [2.75, 3.05) is 18.0 Å². The lowest BCUT2D eigenvalue weighted by atomic mass is 10.1. The number of carbonyl (C=O) groups excluding carboxylic acids is 1. The van der Waals surface area contributed by atoms with Crippen molar-refractivity contribution in [1.82, 2.24) is 5.32 Å². The van der Waals surface area contributed by atoms with Gasteiger partial charge in [0.2, 0.25) is 5.91 Å². The van der Waals surface area contributed by atoms with Gasteiger partial charge in [-0.1, -0.05) is 12.1 Å². The SMILES string of the molecule is NC(=O)C1CCN(c2ccc(CNC3CC3)cc2)C1. The van der Waals surface area contributed by atoms with Crippen molar-refractivity contribution in [2.45, 2.75) is 31.8 Å². The highest BCUT2D eigenvalue weighted by Crippen LogP contribution is 2.24. The summed E-state index contributed by atoms with van der Waals surface area (Å²) in [7, 11) is 0. The number of benzene rings is 1. The second-order valence-electron chi connectivity index (χ2n) is 5.66. The molecule has 2 fully saturated rings. The second kappa shape index (κ2) is 5.21. The number of primary amides is 1. The minimum atomic E-state index is -0.173. The fourth-order valence-electron chi connectivity index (χ4n) is 2.60. The fraction of sp³-hybridized carbons (Fsp3) is 0.533. The third-order valence-corrected chi connectivity index (χ3v) is 4.06. The Labute approximate surface area is 114 Å². The van der Waals surface area contributed by atoms with Gasteiger partial charge < -0.3 is 16.0 Å². The van der Waals surface area contributed by atoms with E-state index in [1.807, 2.05) is 0 Å². The van der Waals surface area contributed by atoms with Crippen LogP contribution >= 0.6 is 0 Å². The minimum absolute atomic E-state index is 0.0104. The number of nitrogens with zero attached hydrogens (tertiary/aromatic N) is 1. The van der Waals surface area contributed by atoms with Crippen LogP contribution in [0.2, 0.25) is 0 Å². The van der Waals surface area contributed by atoms with E-state index in [4.69, 9.17) is 5.73 Å². The third-order valence-electron chi connectivity index (χ3n) is 4.06. The second-order valence-corrected chi connectivity index (χ2v) is 5.66. The summed E-state index contributed by atoms with van der Waals surface area (Å²) in [6.07, 6.45) is 3.51. The molecular weight excluding hydrogens is 238 g/mol. The van der Waals surface area contributed by atoms with E-state index in [1.54, 1.807) is 0 Å². The normalized spacial score (nSPS) is 22.7. The van der Waals surface area contributed by atoms with Crippen LogP contribution in [0.1, 0.15) is 24.8 Å². The van der Waals surface area contributed by atoms with E-state index in [2.05, 4.69) is 34.5 Å². The first-order valence-corrected chi connectivity index (χ1v) is 7.09. The molecule has 0 aromatic heterocycles. The van der Waals surface area contributed by atoms with Crippen LogP contribution in [0.4, 0.5) is 5.69 Å². The number of carbonyl (C=O) groups is 1. The molecule has 2 aliphatic rings. The van der Waals surface area contributed by atoms with Crippen molar-refractivity contribution in [3.8, 4) is 0 Å². The van der Waals surface area contributed by atoms with Crippen LogP contribution < -0.4 is 16.0 Å². The summed E-state index contributed by atoms with van der Waals surface area (Å²) in [6.45, 7) is 2.64. The van der Waals surface area contributed by atoms with Gasteiger partial charge in [-0.15, -0.1) is 0 Å². The first-order chi connectivity index (χ1) is 9.22. The van der Waals surface area contributed by atoms with Gasteiger partial charge in [0.15, 0.2) is 0 Å². The van der Waals surface area contributed by atoms with Crippen LogP contribution in [-0.2, 0) is 11.3 Å². The van der Waals surface area contributed by atoms with Gasteiger partial charge in [-0.05, 0) is 37.0 Å². The number of hydrogen-bond donors (Lipinski definition) is 2. The van der Waals surface area contributed by atoms with Crippen molar-refractivity contribution in [3.05, 3.63) is 29.8 Å². The Balaban J connectivity index is 1.57. The Morgan fingerprint density at radius 1 is 1.26 bits per heavy atom. The van der Waals surface area contributed by atoms with Crippen molar-refractivity contribution < 1.29 is 4.79 Å². The van der Waals surface area contributed by atoms with Gasteiger partial charge in [0, 0.05) is 31.4 Å². The summed E-state index contributed by atoms with van der Waals surface area (Å²) in [5, 5.41) is 3.51. The number of rotatable bonds is 5. The molecule has 1 aliphatic carbocycles. The molecule has 4 heteroatoms. The fourth-order valence-corrected chi connectivity index (χ4v) is 2.60. The van der Waals surface area contributed by atoms with Gasteiger partial charge >= 0.3 is 0 Å². The van der Waals surface area contributed by atoms with Crippen molar-refractivity contribution >= 4 is 11.6 Å². The first kappa shape index (κ1) is 12.5. The van der Waals surface area contributed by atoms with Crippen LogP contribution in [0.25, 0.3) is 0 Å². The lowest BCUT2D eigenvalue weighted by Crippen LogP contribution is -2.27. The summed E-state index contributed by atoms with van der Waals surface area (Å²) in [4.78, 5) is 13.4. The molecule has 0 radical (unpaired) electrons. The Kier molecular flexibility index (Phi) is 3.42. The Morgan fingerprint density at radius 2 is 2.00 bits per heavy atom. The third kappa shape index (κ3) is 3.07. The first-order valence-electron chi connectivity index (χ1n) is 7.09. The number of hydrogen-bond acceptors (Lipinski definition) is 3. The zero-order chi connectivity index (χ0) is 13.2. The van der Waals surface area contributed by atoms with Gasteiger partial charge in [0.05, 0.1) is 5.92 Å². The summed E-state index contributed by atoms with van der Waals surface area (Å²) in [5.74, 6) is -0.163. The molecule has 1 saturated heterocycles. The molecule has 1 aromatic carbocycles. The van der Waals surface area contributed by atoms with E-state index in [-0.39, 0.29) is 11.8 Å². The van der Waals surface area contributed by atoms with Crippen LogP contribution in [0, 0.1) is 5.92 Å². The maximum Gasteiger partial charge on any atom is 0.222 e. The standard InChI is InChI=1S/C15H21N3O/c16-15(19)12-7-8-18(10-12)14-5-1-11(2-6-14)9-17-13-3-4-13/h1-2,5-6,12-13,17H,3-4,7-10H2,(H2,16,19). The molecule has 1 heterocycles. The number of anilines is 1. The molecule has 3 N–H and O–H groups in total. The van der Waals surface area contributed by atoms with Gasteiger partial charge in [-0.3, -0.25) is 4.79 Å². The molecule has 4 nitrogen and oxygen atoms in total. The highest BCUT2D eigenvalue weighted by Gasteiger charge is 2.26. The largest absolute Gasteiger partial charge is 0.371 e. The summed E-state index contributed by atoms with van der Waals surface area (Å²) in [5.41, 5.74) is 7.88. The van der Waals surface area contributed by atoms with E-state index in [0.717, 1.165) is 32.1 Å². The van der Waals surface area contributed by atoms with E-state index >= 15 is 0 Å². The van der Waals surface area contributed by atoms with E-state index < -0.39 is 0 Å². The molecule has 1 aliphatic heterocycles. The molecule has 1 amide bonds. The van der Waals surface area contributed by atoms with Gasteiger partial charge in [-0.25, -0.2) is 0 Å². The monoisotopic (exact) mass is 259 g/mol. The number of amides is 1. The average Bonchev–Trinajstić information content (AvgIpc) is 3.11. The molecule has 0 bridgehead atoms. The van der Waals surface area contributed by atoms with E-state index in [9.17, 15) is 4.79 Å². The van der Waals surface area contributed by atoms with Crippen molar-refractivity contribution in [1.29, 1.82) is 0 Å². The van der Waals surface area contributed by atoms with Crippen LogP contribution in [0.15, 0.2) is 24.3 Å². The number of nitrogens with two attached hydrogens (primary N) is 1. The molecule has 1 saturated carbocycles. The quantitative estimate of drug-likeness (QED) is 0.836. The summed E-state index contributed by atoms with van der Waals surface area (Å²) in [6, 6.07) is 9.38. The average molecular weight is 259 g/mol. The molecule has 1 unspecified atom stereocenters. The van der Waals surface area contributed by atoms with Crippen molar-refractivity contribution in [3.63, 3.8) is 0 Å². The minimum Gasteiger partial charge on any atom is -0.371 e.